The van der Waals surface area contributed by atoms with E-state index in [0.29, 0.717) is 12.0 Å². The summed E-state index contributed by atoms with van der Waals surface area (Å²) in [5.41, 5.74) is 2.53. The van der Waals surface area contributed by atoms with Crippen molar-refractivity contribution in [1.29, 1.82) is 0 Å². The van der Waals surface area contributed by atoms with Gasteiger partial charge in [0.1, 0.15) is 5.82 Å². The van der Waals surface area contributed by atoms with Crippen LogP contribution in [0.25, 0.3) is 0 Å². The predicted octanol–water partition coefficient (Wildman–Crippen LogP) is 4.01. The van der Waals surface area contributed by atoms with Crippen LogP contribution in [0.2, 0.25) is 0 Å². The zero-order valence-corrected chi connectivity index (χ0v) is 14.7. The molecule has 0 aliphatic rings. The molecule has 0 aliphatic heterocycles. The number of anilines is 1. The average Bonchev–Trinajstić information content (AvgIpc) is 2.47. The fourth-order valence-corrected chi connectivity index (χ4v) is 2.63. The normalized spacial score (nSPS) is 11.4. The van der Waals surface area contributed by atoms with Crippen molar-refractivity contribution in [2.45, 2.75) is 66.5 Å². The summed E-state index contributed by atoms with van der Waals surface area (Å²) in [4.78, 5) is 7.15. The number of pyridine rings is 1. The van der Waals surface area contributed by atoms with Gasteiger partial charge in [-0.15, -0.1) is 0 Å². The van der Waals surface area contributed by atoms with Gasteiger partial charge in [-0.25, -0.2) is 4.98 Å². The number of hydrogen-bond donors (Lipinski definition) is 1. The maximum Gasteiger partial charge on any atom is 0.129 e. The van der Waals surface area contributed by atoms with E-state index < -0.39 is 0 Å². The molecule has 0 amide bonds. The van der Waals surface area contributed by atoms with Crippen LogP contribution in [0.1, 0.15) is 58.7 Å². The van der Waals surface area contributed by atoms with Gasteiger partial charge in [0.05, 0.1) is 0 Å². The second-order valence-corrected chi connectivity index (χ2v) is 6.28. The quantitative estimate of drug-likeness (QED) is 0.745. The number of hydrogen-bond acceptors (Lipinski definition) is 3. The number of aromatic nitrogens is 1. The summed E-state index contributed by atoms with van der Waals surface area (Å²) >= 11 is 0. The van der Waals surface area contributed by atoms with Gasteiger partial charge in [0, 0.05) is 25.3 Å². The highest BCUT2D eigenvalue weighted by Crippen LogP contribution is 2.19. The smallest absolute Gasteiger partial charge is 0.129 e. The number of nitrogens with one attached hydrogen (secondary N) is 1. The lowest BCUT2D eigenvalue weighted by atomic mass is 10.1. The molecule has 3 nitrogen and oxygen atoms in total. The molecule has 0 aliphatic carbocycles. The van der Waals surface area contributed by atoms with E-state index in [-0.39, 0.29) is 0 Å². The molecule has 0 fully saturated rings. The Bertz CT molecular complexity index is 411. The molecule has 1 rings (SSSR count). The van der Waals surface area contributed by atoms with Crippen LogP contribution in [0, 0.1) is 5.92 Å². The first-order valence-electron chi connectivity index (χ1n) is 8.45. The van der Waals surface area contributed by atoms with Crippen molar-refractivity contribution in [3.05, 3.63) is 23.4 Å². The Morgan fingerprint density at radius 3 is 2.33 bits per heavy atom. The number of nitrogens with zero attached hydrogens (tertiary/aromatic N) is 2. The zero-order chi connectivity index (χ0) is 15.8. The van der Waals surface area contributed by atoms with Crippen LogP contribution in [0.3, 0.4) is 0 Å². The first-order chi connectivity index (χ1) is 10.0. The molecule has 0 atom stereocenters. The van der Waals surface area contributed by atoms with E-state index in [2.05, 4.69) is 64.0 Å². The molecule has 1 aromatic heterocycles. The Morgan fingerprint density at radius 2 is 1.81 bits per heavy atom. The Morgan fingerprint density at radius 1 is 1.14 bits per heavy atom. The number of rotatable bonds is 9. The second-order valence-electron chi connectivity index (χ2n) is 6.28. The summed E-state index contributed by atoms with van der Waals surface area (Å²) in [6.07, 6.45) is 3.31. The third-order valence-electron chi connectivity index (χ3n) is 4.02. The summed E-state index contributed by atoms with van der Waals surface area (Å²) in [5.74, 6) is 1.80. The van der Waals surface area contributed by atoms with Crippen molar-refractivity contribution in [1.82, 2.24) is 10.3 Å². The third kappa shape index (κ3) is 5.66. The molecule has 0 saturated carbocycles. The lowest BCUT2D eigenvalue weighted by molar-refractivity contribution is 0.551. The molecule has 3 heteroatoms. The first-order valence-corrected chi connectivity index (χ1v) is 8.45. The SMILES string of the molecule is CCc1cc(CNCC(C)C)cc(N(C)C(CC)CC)n1. The van der Waals surface area contributed by atoms with E-state index in [4.69, 9.17) is 4.98 Å². The molecular formula is C18H33N3. The van der Waals surface area contributed by atoms with E-state index in [9.17, 15) is 0 Å². The summed E-state index contributed by atoms with van der Waals surface area (Å²) in [5, 5.41) is 3.53. The van der Waals surface area contributed by atoms with Crippen molar-refractivity contribution < 1.29 is 0 Å². The lowest BCUT2D eigenvalue weighted by Crippen LogP contribution is -2.31. The van der Waals surface area contributed by atoms with Crippen LogP contribution >= 0.6 is 0 Å². The standard InChI is InChI=1S/C18H33N3/c1-7-16-10-15(13-19-12-14(4)5)11-18(20-16)21(6)17(8-2)9-3/h10-11,14,17,19H,7-9,12-13H2,1-6H3. The minimum absolute atomic E-state index is 0.570. The Kier molecular flexibility index (Phi) is 7.73. The van der Waals surface area contributed by atoms with E-state index in [1.807, 2.05) is 0 Å². The highest BCUT2D eigenvalue weighted by atomic mass is 15.2. The largest absolute Gasteiger partial charge is 0.357 e. The molecule has 0 aromatic carbocycles. The van der Waals surface area contributed by atoms with E-state index >= 15 is 0 Å². The van der Waals surface area contributed by atoms with Gasteiger partial charge in [0.15, 0.2) is 0 Å². The van der Waals surface area contributed by atoms with Gasteiger partial charge < -0.3 is 10.2 Å². The lowest BCUT2D eigenvalue weighted by Gasteiger charge is -2.28. The summed E-state index contributed by atoms with van der Waals surface area (Å²) in [6, 6.07) is 5.05. The van der Waals surface area contributed by atoms with E-state index in [1.54, 1.807) is 0 Å². The fourth-order valence-electron chi connectivity index (χ4n) is 2.63. The summed E-state index contributed by atoms with van der Waals surface area (Å²) in [7, 11) is 2.17. The van der Waals surface area contributed by atoms with Crippen LogP contribution < -0.4 is 10.2 Å². The molecule has 1 heterocycles. The monoisotopic (exact) mass is 291 g/mol. The molecule has 1 aromatic rings. The molecule has 1 N–H and O–H groups in total. The van der Waals surface area contributed by atoms with Gasteiger partial charge in [-0.1, -0.05) is 34.6 Å². The molecule has 0 unspecified atom stereocenters. The third-order valence-corrected chi connectivity index (χ3v) is 4.02. The minimum Gasteiger partial charge on any atom is -0.357 e. The Balaban J connectivity index is 2.88. The molecule has 0 saturated heterocycles. The first kappa shape index (κ1) is 18.0. The average molecular weight is 291 g/mol. The zero-order valence-electron chi connectivity index (χ0n) is 14.7. The van der Waals surface area contributed by atoms with Crippen LogP contribution in [-0.2, 0) is 13.0 Å². The Hall–Kier alpha value is -1.09. The van der Waals surface area contributed by atoms with E-state index in [1.165, 1.54) is 11.3 Å². The molecule has 0 radical (unpaired) electrons. The van der Waals surface area contributed by atoms with Crippen molar-refractivity contribution in [2.75, 3.05) is 18.5 Å². The topological polar surface area (TPSA) is 28.2 Å². The van der Waals surface area contributed by atoms with Gasteiger partial charge in [-0.3, -0.25) is 0 Å². The maximum atomic E-state index is 4.81. The van der Waals surface area contributed by atoms with Gasteiger partial charge in [0.25, 0.3) is 0 Å². The minimum atomic E-state index is 0.570. The van der Waals surface area contributed by atoms with E-state index in [0.717, 1.165) is 38.2 Å². The van der Waals surface area contributed by atoms with Crippen LogP contribution in [0.5, 0.6) is 0 Å². The predicted molar refractivity (Wildman–Crippen MR) is 92.9 cm³/mol. The van der Waals surface area contributed by atoms with Crippen LogP contribution in [0.15, 0.2) is 12.1 Å². The molecule has 0 spiro atoms. The molecule has 0 bridgehead atoms. The van der Waals surface area contributed by atoms with Crippen molar-refractivity contribution in [2.24, 2.45) is 5.92 Å². The molecular weight excluding hydrogens is 258 g/mol. The molecule has 21 heavy (non-hydrogen) atoms. The van der Waals surface area contributed by atoms with Gasteiger partial charge >= 0.3 is 0 Å². The fraction of sp³-hybridized carbons (Fsp3) is 0.722. The second kappa shape index (κ2) is 9.04. The summed E-state index contributed by atoms with van der Waals surface area (Å²) < 4.78 is 0. The maximum absolute atomic E-state index is 4.81. The van der Waals surface area contributed by atoms with Gasteiger partial charge in [-0.2, -0.15) is 0 Å². The van der Waals surface area contributed by atoms with Crippen molar-refractivity contribution in [3.8, 4) is 0 Å². The summed E-state index contributed by atoms with van der Waals surface area (Å²) in [6.45, 7) is 13.1. The highest BCUT2D eigenvalue weighted by Gasteiger charge is 2.13. The van der Waals surface area contributed by atoms with Crippen molar-refractivity contribution in [3.63, 3.8) is 0 Å². The molecule has 120 valence electrons. The highest BCUT2D eigenvalue weighted by molar-refractivity contribution is 5.43. The van der Waals surface area contributed by atoms with Crippen molar-refractivity contribution >= 4 is 5.82 Å². The number of aryl methyl sites for hydroxylation is 1. The Labute approximate surface area is 131 Å². The van der Waals surface area contributed by atoms with Crippen LogP contribution in [0.4, 0.5) is 5.82 Å². The van der Waals surface area contributed by atoms with Gasteiger partial charge in [-0.05, 0) is 49.4 Å². The van der Waals surface area contributed by atoms with Gasteiger partial charge in [0.2, 0.25) is 0 Å². The van der Waals surface area contributed by atoms with Crippen LogP contribution in [-0.4, -0.2) is 24.6 Å².